The molecule has 0 fully saturated rings. The van der Waals surface area contributed by atoms with E-state index < -0.39 is 40.4 Å². The number of hydrogen-bond acceptors (Lipinski definition) is 2. The molecule has 1 aromatic carbocycles. The fourth-order valence-corrected chi connectivity index (χ4v) is 1.41. The first-order valence-electron chi connectivity index (χ1n) is 4.78. The second kappa shape index (κ2) is 5.10. The molecule has 100 valence electrons. The van der Waals surface area contributed by atoms with E-state index in [1.807, 2.05) is 0 Å². The van der Waals surface area contributed by atoms with Crippen molar-refractivity contribution in [2.75, 3.05) is 7.11 Å². The second-order valence-electron chi connectivity index (χ2n) is 3.40. The van der Waals surface area contributed by atoms with Crippen LogP contribution >= 0.6 is 0 Å². The van der Waals surface area contributed by atoms with E-state index in [2.05, 4.69) is 16.2 Å². The van der Waals surface area contributed by atoms with Crippen molar-refractivity contribution < 1.29 is 27.1 Å². The Hall–Kier alpha value is -2.36. The van der Waals surface area contributed by atoms with Gasteiger partial charge in [-0.3, -0.25) is 0 Å². The van der Waals surface area contributed by atoms with Crippen molar-refractivity contribution in [1.82, 2.24) is 0 Å². The number of halogens is 4. The van der Waals surface area contributed by atoms with E-state index in [9.17, 15) is 22.4 Å². The van der Waals surface area contributed by atoms with Gasteiger partial charge in [0.2, 0.25) is 0 Å². The third kappa shape index (κ3) is 2.73. The Morgan fingerprint density at radius 3 is 2.42 bits per heavy atom. The summed E-state index contributed by atoms with van der Waals surface area (Å²) >= 11 is 0. The van der Waals surface area contributed by atoms with E-state index in [1.54, 1.807) is 0 Å². The quantitative estimate of drug-likeness (QED) is 0.469. The molecule has 0 aliphatic carbocycles. The highest BCUT2D eigenvalue weighted by Crippen LogP contribution is 2.35. The highest BCUT2D eigenvalue weighted by Gasteiger charge is 2.36. The van der Waals surface area contributed by atoms with E-state index in [0.717, 1.165) is 13.2 Å². The molecule has 0 radical (unpaired) electrons. The van der Waals surface area contributed by atoms with E-state index in [-0.39, 0.29) is 0 Å². The fourth-order valence-electron chi connectivity index (χ4n) is 1.41. The van der Waals surface area contributed by atoms with Crippen molar-refractivity contribution >= 4 is 11.7 Å². The van der Waals surface area contributed by atoms with Gasteiger partial charge in [-0.15, -0.1) is 0 Å². The molecule has 0 bridgehead atoms. The lowest BCUT2D eigenvalue weighted by molar-refractivity contribution is -0.140. The summed E-state index contributed by atoms with van der Waals surface area (Å²) in [6.45, 7) is 9.82. The average Bonchev–Trinajstić information content (AvgIpc) is 2.34. The van der Waals surface area contributed by atoms with Crippen molar-refractivity contribution in [2.45, 2.75) is 6.18 Å². The number of carbonyl (C=O) groups is 1. The van der Waals surface area contributed by atoms with Crippen molar-refractivity contribution in [3.05, 3.63) is 52.6 Å². The predicted molar refractivity (Wildman–Crippen MR) is 58.4 cm³/mol. The molecule has 0 aliphatic heterocycles. The number of carbonyl (C=O) groups excluding carboxylic acids is 1. The molecular formula is C12H7F4NO2. The summed E-state index contributed by atoms with van der Waals surface area (Å²) < 4.78 is 55.8. The monoisotopic (exact) mass is 273 g/mol. The Morgan fingerprint density at radius 2 is 2.00 bits per heavy atom. The molecule has 0 saturated heterocycles. The number of nitrogens with zero attached hydrogens (tertiary/aromatic N) is 1. The van der Waals surface area contributed by atoms with Gasteiger partial charge in [0.15, 0.2) is 5.70 Å². The van der Waals surface area contributed by atoms with Crippen LogP contribution in [0.25, 0.3) is 10.5 Å². The topological polar surface area (TPSA) is 30.7 Å². The lowest BCUT2D eigenvalue weighted by Gasteiger charge is -2.13. The number of ether oxygens (including phenoxy) is 1. The van der Waals surface area contributed by atoms with Gasteiger partial charge in [0.1, 0.15) is 5.82 Å². The summed E-state index contributed by atoms with van der Waals surface area (Å²) in [5.41, 5.74) is -3.45. The Bertz CT molecular complexity index is 585. The maximum Gasteiger partial charge on any atom is 0.419 e. The molecule has 0 amide bonds. The van der Waals surface area contributed by atoms with E-state index in [4.69, 9.17) is 6.57 Å². The van der Waals surface area contributed by atoms with Crippen LogP contribution in [0.3, 0.4) is 0 Å². The van der Waals surface area contributed by atoms with Crippen LogP contribution in [-0.2, 0) is 10.9 Å². The zero-order valence-electron chi connectivity index (χ0n) is 9.64. The van der Waals surface area contributed by atoms with Gasteiger partial charge in [0.05, 0.1) is 24.8 Å². The first-order chi connectivity index (χ1) is 8.73. The van der Waals surface area contributed by atoms with Crippen molar-refractivity contribution in [2.24, 2.45) is 0 Å². The van der Waals surface area contributed by atoms with E-state index >= 15 is 0 Å². The Balaban J connectivity index is 3.65. The second-order valence-corrected chi connectivity index (χ2v) is 3.40. The van der Waals surface area contributed by atoms with Crippen LogP contribution in [0.5, 0.6) is 0 Å². The van der Waals surface area contributed by atoms with E-state index in [1.165, 1.54) is 0 Å². The number of alkyl halides is 3. The van der Waals surface area contributed by atoms with E-state index in [0.29, 0.717) is 6.07 Å². The summed E-state index contributed by atoms with van der Waals surface area (Å²) in [5.74, 6) is -2.76. The highest BCUT2D eigenvalue weighted by molar-refractivity contribution is 5.96. The highest BCUT2D eigenvalue weighted by atomic mass is 19.4. The molecule has 0 N–H and O–H groups in total. The van der Waals surface area contributed by atoms with Crippen LogP contribution in [0, 0.1) is 12.4 Å². The molecule has 0 unspecified atom stereocenters. The molecule has 0 atom stereocenters. The van der Waals surface area contributed by atoms with Crippen LogP contribution < -0.4 is 0 Å². The number of methoxy groups -OCH3 is 1. The molecule has 0 saturated carbocycles. The molecule has 0 heterocycles. The fraction of sp³-hybridized carbons (Fsp3) is 0.167. The molecule has 1 aromatic rings. The molecule has 0 spiro atoms. The Morgan fingerprint density at radius 1 is 1.42 bits per heavy atom. The first-order valence-corrected chi connectivity index (χ1v) is 4.78. The van der Waals surface area contributed by atoms with Gasteiger partial charge < -0.3 is 4.74 Å². The van der Waals surface area contributed by atoms with Crippen molar-refractivity contribution in [1.29, 1.82) is 0 Å². The summed E-state index contributed by atoms with van der Waals surface area (Å²) in [7, 11) is 0.988. The third-order valence-electron chi connectivity index (χ3n) is 2.28. The largest absolute Gasteiger partial charge is 0.465 e. The molecule has 7 heteroatoms. The molecular weight excluding hydrogens is 266 g/mol. The zero-order chi connectivity index (χ0) is 14.8. The maximum atomic E-state index is 13.8. The number of rotatable bonds is 2. The van der Waals surface area contributed by atoms with Crippen LogP contribution in [-0.4, -0.2) is 13.1 Å². The van der Waals surface area contributed by atoms with Crippen LogP contribution in [0.1, 0.15) is 21.5 Å². The number of esters is 1. The summed E-state index contributed by atoms with van der Waals surface area (Å²) in [6.07, 6.45) is -4.93. The van der Waals surface area contributed by atoms with Gasteiger partial charge in [-0.1, -0.05) is 6.58 Å². The zero-order valence-corrected chi connectivity index (χ0v) is 9.64. The normalized spacial score (nSPS) is 10.7. The van der Waals surface area contributed by atoms with Gasteiger partial charge in [-0.05, 0) is 12.1 Å². The van der Waals surface area contributed by atoms with Crippen molar-refractivity contribution in [3.63, 3.8) is 0 Å². The summed E-state index contributed by atoms with van der Waals surface area (Å²) in [4.78, 5) is 14.1. The molecule has 0 aromatic heterocycles. The number of benzene rings is 1. The van der Waals surface area contributed by atoms with Crippen LogP contribution in [0.4, 0.5) is 17.6 Å². The SMILES string of the molecule is [C-]#[N+]C(=C)c1c(C(=O)OC)ccc(C(F)(F)F)c1F. The lowest BCUT2D eigenvalue weighted by atomic mass is 10.0. The minimum absolute atomic E-state index is 0.419. The molecule has 3 nitrogen and oxygen atoms in total. The predicted octanol–water partition coefficient (Wildman–Crippen LogP) is 3.52. The molecule has 1 rings (SSSR count). The van der Waals surface area contributed by atoms with Gasteiger partial charge >= 0.3 is 12.1 Å². The minimum atomic E-state index is -4.93. The van der Waals surface area contributed by atoms with Gasteiger partial charge in [0.25, 0.3) is 0 Å². The molecule has 0 aliphatic rings. The van der Waals surface area contributed by atoms with Gasteiger partial charge in [-0.2, -0.15) is 13.2 Å². The van der Waals surface area contributed by atoms with Gasteiger partial charge in [-0.25, -0.2) is 14.0 Å². The minimum Gasteiger partial charge on any atom is -0.465 e. The first kappa shape index (κ1) is 14.7. The lowest BCUT2D eigenvalue weighted by Crippen LogP contribution is -2.14. The summed E-state index contributed by atoms with van der Waals surface area (Å²) in [5, 5.41) is 0. The van der Waals surface area contributed by atoms with Gasteiger partial charge in [0, 0.05) is 5.56 Å². The third-order valence-corrected chi connectivity index (χ3v) is 2.28. The maximum absolute atomic E-state index is 13.8. The van der Waals surface area contributed by atoms with Crippen molar-refractivity contribution in [3.8, 4) is 0 Å². The number of hydrogen-bond donors (Lipinski definition) is 0. The average molecular weight is 273 g/mol. The summed E-state index contributed by atoms with van der Waals surface area (Å²) in [6, 6.07) is 1.17. The Labute approximate surface area is 105 Å². The smallest absolute Gasteiger partial charge is 0.419 e. The molecule has 19 heavy (non-hydrogen) atoms. The standard InChI is InChI=1S/C12H7F4NO2/c1-6(17-2)9-7(11(18)19-3)4-5-8(10(9)13)12(14,15)16/h4-5H,1H2,3H3. The van der Waals surface area contributed by atoms with Crippen LogP contribution in [0.15, 0.2) is 18.7 Å². The van der Waals surface area contributed by atoms with Crippen LogP contribution in [0.2, 0.25) is 0 Å². The Kier molecular flexibility index (Phi) is 3.95.